The van der Waals surface area contributed by atoms with Gasteiger partial charge in [0.2, 0.25) is 6.41 Å². The molecule has 0 saturated carbocycles. The fraction of sp³-hybridized carbons (Fsp3) is 0.300. The van der Waals surface area contributed by atoms with Gasteiger partial charge in [-0.25, -0.2) is 4.98 Å². The quantitative estimate of drug-likeness (QED) is 0.688. The van der Waals surface area contributed by atoms with E-state index in [-0.39, 0.29) is 12.3 Å². The maximum atomic E-state index is 11.4. The molecule has 0 aliphatic rings. The van der Waals surface area contributed by atoms with Crippen LogP contribution in [0.1, 0.15) is 10.5 Å². The fourth-order valence-corrected chi connectivity index (χ4v) is 0.897. The summed E-state index contributed by atoms with van der Waals surface area (Å²) < 4.78 is 0. The SMILES string of the molecule is CNc1ccc(C(=O)N(C)C)nc1.NC=O. The van der Waals surface area contributed by atoms with E-state index in [0.717, 1.165) is 5.69 Å². The molecule has 2 amide bonds. The maximum Gasteiger partial charge on any atom is 0.271 e. The molecule has 1 rings (SSSR count). The number of hydrogen-bond acceptors (Lipinski definition) is 4. The minimum Gasteiger partial charge on any atom is -0.387 e. The first kappa shape index (κ1) is 13.9. The molecule has 0 saturated heterocycles. The Labute approximate surface area is 94.5 Å². The zero-order valence-corrected chi connectivity index (χ0v) is 9.60. The predicted molar refractivity (Wildman–Crippen MR) is 62.1 cm³/mol. The van der Waals surface area contributed by atoms with Crippen LogP contribution in [0.3, 0.4) is 0 Å². The molecule has 6 nitrogen and oxygen atoms in total. The third-order valence-electron chi connectivity index (χ3n) is 1.68. The van der Waals surface area contributed by atoms with E-state index in [1.807, 2.05) is 13.1 Å². The second-order valence-electron chi connectivity index (χ2n) is 3.02. The number of aromatic nitrogens is 1. The summed E-state index contributed by atoms with van der Waals surface area (Å²) in [6, 6.07) is 3.53. The average molecular weight is 224 g/mol. The van der Waals surface area contributed by atoms with E-state index in [2.05, 4.69) is 16.0 Å². The van der Waals surface area contributed by atoms with E-state index in [9.17, 15) is 4.79 Å². The van der Waals surface area contributed by atoms with Gasteiger partial charge in [0.15, 0.2) is 0 Å². The van der Waals surface area contributed by atoms with Gasteiger partial charge in [0, 0.05) is 21.1 Å². The zero-order valence-electron chi connectivity index (χ0n) is 9.60. The van der Waals surface area contributed by atoms with Crippen molar-refractivity contribution in [2.75, 3.05) is 26.5 Å². The van der Waals surface area contributed by atoms with Crippen molar-refractivity contribution in [1.82, 2.24) is 9.88 Å². The Bertz CT molecular complexity index is 335. The minimum absolute atomic E-state index is 0.0809. The molecule has 6 heteroatoms. The Kier molecular flexibility index (Phi) is 6.27. The number of hydrogen-bond donors (Lipinski definition) is 2. The summed E-state index contributed by atoms with van der Waals surface area (Å²) in [6.07, 6.45) is 1.89. The first-order valence-corrected chi connectivity index (χ1v) is 4.57. The molecule has 1 aromatic rings. The highest BCUT2D eigenvalue weighted by Crippen LogP contribution is 2.05. The van der Waals surface area contributed by atoms with Crippen LogP contribution in [0.5, 0.6) is 0 Å². The van der Waals surface area contributed by atoms with Crippen molar-refractivity contribution in [3.63, 3.8) is 0 Å². The lowest BCUT2D eigenvalue weighted by atomic mass is 10.3. The van der Waals surface area contributed by atoms with Gasteiger partial charge in [-0.2, -0.15) is 0 Å². The summed E-state index contributed by atoms with van der Waals surface area (Å²) in [5, 5.41) is 2.93. The smallest absolute Gasteiger partial charge is 0.271 e. The Morgan fingerprint density at radius 3 is 2.38 bits per heavy atom. The van der Waals surface area contributed by atoms with Gasteiger partial charge < -0.3 is 16.0 Å². The first-order chi connectivity index (χ1) is 7.56. The number of anilines is 1. The molecule has 88 valence electrons. The molecule has 0 aliphatic heterocycles. The summed E-state index contributed by atoms with van der Waals surface area (Å²) in [6.45, 7) is 0. The Balaban J connectivity index is 0.000000673. The highest BCUT2D eigenvalue weighted by atomic mass is 16.2. The van der Waals surface area contributed by atoms with Crippen molar-refractivity contribution in [1.29, 1.82) is 0 Å². The van der Waals surface area contributed by atoms with E-state index >= 15 is 0 Å². The molecule has 3 N–H and O–H groups in total. The van der Waals surface area contributed by atoms with Gasteiger partial charge in [0.1, 0.15) is 5.69 Å². The number of pyridine rings is 1. The predicted octanol–water partition coefficient (Wildman–Crippen LogP) is -0.0734. The molecule has 0 aromatic carbocycles. The number of nitrogens with one attached hydrogen (secondary N) is 1. The van der Waals surface area contributed by atoms with Crippen molar-refractivity contribution >= 4 is 18.0 Å². The first-order valence-electron chi connectivity index (χ1n) is 4.57. The van der Waals surface area contributed by atoms with E-state index in [1.54, 1.807) is 26.4 Å². The number of amides is 2. The van der Waals surface area contributed by atoms with Gasteiger partial charge in [0.25, 0.3) is 5.91 Å². The van der Waals surface area contributed by atoms with Crippen molar-refractivity contribution in [2.45, 2.75) is 0 Å². The lowest BCUT2D eigenvalue weighted by Gasteiger charge is -2.09. The van der Waals surface area contributed by atoms with E-state index in [0.29, 0.717) is 5.69 Å². The molecule has 1 heterocycles. The molecule has 0 spiro atoms. The second-order valence-corrected chi connectivity index (χ2v) is 3.02. The molecule has 0 bridgehead atoms. The monoisotopic (exact) mass is 224 g/mol. The summed E-state index contributed by atoms with van der Waals surface area (Å²) >= 11 is 0. The van der Waals surface area contributed by atoms with Gasteiger partial charge in [-0.15, -0.1) is 0 Å². The van der Waals surface area contributed by atoms with Crippen LogP contribution < -0.4 is 11.1 Å². The number of nitrogens with zero attached hydrogens (tertiary/aromatic N) is 2. The summed E-state index contributed by atoms with van der Waals surface area (Å²) in [7, 11) is 5.22. The Morgan fingerprint density at radius 2 is 2.06 bits per heavy atom. The number of rotatable bonds is 2. The largest absolute Gasteiger partial charge is 0.387 e. The van der Waals surface area contributed by atoms with Crippen molar-refractivity contribution < 1.29 is 9.59 Å². The summed E-state index contributed by atoms with van der Waals surface area (Å²) in [5.74, 6) is -0.0809. The Hall–Kier alpha value is -2.11. The normalized spacial score (nSPS) is 8.44. The number of nitrogens with two attached hydrogens (primary N) is 1. The molecule has 0 fully saturated rings. The van der Waals surface area contributed by atoms with Gasteiger partial charge >= 0.3 is 0 Å². The second kappa shape index (κ2) is 7.22. The van der Waals surface area contributed by atoms with Crippen LogP contribution in [0.15, 0.2) is 18.3 Å². The molecule has 16 heavy (non-hydrogen) atoms. The number of carbonyl (C=O) groups is 2. The van der Waals surface area contributed by atoms with E-state index in [4.69, 9.17) is 4.79 Å². The van der Waals surface area contributed by atoms with Crippen LogP contribution >= 0.6 is 0 Å². The average Bonchev–Trinajstić information content (AvgIpc) is 2.29. The standard InChI is InChI=1S/C9H13N3O.CH3NO/c1-10-7-4-5-8(11-6-7)9(13)12(2)3;2-1-3/h4-6,10H,1-3H3;1H,(H2,2,3). The topological polar surface area (TPSA) is 88.3 Å². The summed E-state index contributed by atoms with van der Waals surface area (Å²) in [4.78, 5) is 25.5. The minimum atomic E-state index is -0.0809. The maximum absolute atomic E-state index is 11.4. The molecule has 0 radical (unpaired) electrons. The lowest BCUT2D eigenvalue weighted by molar-refractivity contribution is -0.106. The van der Waals surface area contributed by atoms with Crippen molar-refractivity contribution in [2.24, 2.45) is 5.73 Å². The van der Waals surface area contributed by atoms with Gasteiger partial charge in [-0.1, -0.05) is 0 Å². The lowest BCUT2D eigenvalue weighted by Crippen LogP contribution is -2.22. The highest BCUT2D eigenvalue weighted by Gasteiger charge is 2.07. The van der Waals surface area contributed by atoms with Crippen LogP contribution in [0.25, 0.3) is 0 Å². The Morgan fingerprint density at radius 1 is 1.50 bits per heavy atom. The van der Waals surface area contributed by atoms with Crippen LogP contribution in [0.2, 0.25) is 0 Å². The van der Waals surface area contributed by atoms with Gasteiger partial charge in [0.05, 0.1) is 11.9 Å². The third kappa shape index (κ3) is 4.41. The zero-order chi connectivity index (χ0) is 12.6. The molecular weight excluding hydrogens is 208 g/mol. The molecule has 1 aromatic heterocycles. The van der Waals surface area contributed by atoms with Crippen LogP contribution in [0, 0.1) is 0 Å². The third-order valence-corrected chi connectivity index (χ3v) is 1.68. The van der Waals surface area contributed by atoms with Crippen LogP contribution in [0.4, 0.5) is 5.69 Å². The van der Waals surface area contributed by atoms with E-state index < -0.39 is 0 Å². The number of carbonyl (C=O) groups excluding carboxylic acids is 2. The molecule has 0 unspecified atom stereocenters. The summed E-state index contributed by atoms with van der Waals surface area (Å²) in [5.41, 5.74) is 5.53. The van der Waals surface area contributed by atoms with E-state index in [1.165, 1.54) is 4.90 Å². The number of primary amides is 1. The van der Waals surface area contributed by atoms with Gasteiger partial charge in [-0.3, -0.25) is 9.59 Å². The van der Waals surface area contributed by atoms with Gasteiger partial charge in [-0.05, 0) is 12.1 Å². The van der Waals surface area contributed by atoms with Crippen LogP contribution in [-0.4, -0.2) is 43.3 Å². The van der Waals surface area contributed by atoms with Crippen molar-refractivity contribution in [3.8, 4) is 0 Å². The van der Waals surface area contributed by atoms with Crippen LogP contribution in [-0.2, 0) is 4.79 Å². The highest BCUT2D eigenvalue weighted by molar-refractivity contribution is 5.92. The molecule has 0 aliphatic carbocycles. The fourth-order valence-electron chi connectivity index (χ4n) is 0.897. The molecular formula is C10H16N4O2. The van der Waals surface area contributed by atoms with Crippen molar-refractivity contribution in [3.05, 3.63) is 24.0 Å². The molecule has 0 atom stereocenters.